The van der Waals surface area contributed by atoms with Crippen molar-refractivity contribution in [3.63, 3.8) is 0 Å². The standard InChI is InChI=1S/C12H26N2O/c1-9-8-14(6-7-15-9)11(10(2)13)12(3,4)5/h9-11H,6-8,13H2,1-5H3. The van der Waals surface area contributed by atoms with E-state index in [9.17, 15) is 0 Å². The second-order valence-corrected chi connectivity index (χ2v) is 5.85. The summed E-state index contributed by atoms with van der Waals surface area (Å²) in [6.07, 6.45) is 0.336. The Balaban J connectivity index is 2.71. The highest BCUT2D eigenvalue weighted by atomic mass is 16.5. The fourth-order valence-electron chi connectivity index (χ4n) is 2.77. The molecule has 3 nitrogen and oxygen atoms in total. The highest BCUT2D eigenvalue weighted by Gasteiger charge is 2.35. The van der Waals surface area contributed by atoms with E-state index in [2.05, 4.69) is 39.5 Å². The molecule has 0 spiro atoms. The molecule has 3 heteroatoms. The van der Waals surface area contributed by atoms with Gasteiger partial charge in [0.05, 0.1) is 12.7 Å². The van der Waals surface area contributed by atoms with Crippen LogP contribution >= 0.6 is 0 Å². The largest absolute Gasteiger partial charge is 0.376 e. The Kier molecular flexibility index (Phi) is 4.15. The molecule has 1 fully saturated rings. The first kappa shape index (κ1) is 12.9. The first-order valence-electron chi connectivity index (χ1n) is 5.93. The summed E-state index contributed by atoms with van der Waals surface area (Å²) in [6.45, 7) is 13.9. The Morgan fingerprint density at radius 2 is 2.00 bits per heavy atom. The summed E-state index contributed by atoms with van der Waals surface area (Å²) < 4.78 is 5.57. The summed E-state index contributed by atoms with van der Waals surface area (Å²) in [5, 5.41) is 0. The van der Waals surface area contributed by atoms with Crippen LogP contribution in [-0.2, 0) is 4.74 Å². The van der Waals surface area contributed by atoms with Gasteiger partial charge in [0.1, 0.15) is 0 Å². The van der Waals surface area contributed by atoms with Crippen molar-refractivity contribution in [2.45, 2.75) is 52.8 Å². The maximum Gasteiger partial charge on any atom is 0.0674 e. The lowest BCUT2D eigenvalue weighted by Crippen LogP contribution is -2.58. The normalized spacial score (nSPS) is 28.8. The van der Waals surface area contributed by atoms with Crippen molar-refractivity contribution in [2.24, 2.45) is 11.1 Å². The third-order valence-electron chi connectivity index (χ3n) is 3.05. The Morgan fingerprint density at radius 1 is 1.40 bits per heavy atom. The molecule has 0 bridgehead atoms. The van der Waals surface area contributed by atoms with Gasteiger partial charge < -0.3 is 10.5 Å². The number of nitrogens with zero attached hydrogens (tertiary/aromatic N) is 1. The molecular weight excluding hydrogens is 188 g/mol. The second-order valence-electron chi connectivity index (χ2n) is 5.85. The van der Waals surface area contributed by atoms with Gasteiger partial charge in [0, 0.05) is 25.2 Å². The summed E-state index contributed by atoms with van der Waals surface area (Å²) in [5.74, 6) is 0. The molecule has 0 radical (unpaired) electrons. The molecule has 1 aliphatic rings. The molecule has 90 valence electrons. The molecule has 0 aromatic rings. The molecule has 0 aromatic heterocycles. The van der Waals surface area contributed by atoms with Gasteiger partial charge in [0.15, 0.2) is 0 Å². The lowest BCUT2D eigenvalue weighted by molar-refractivity contribution is -0.0563. The molecule has 3 unspecified atom stereocenters. The Hall–Kier alpha value is -0.120. The third-order valence-corrected chi connectivity index (χ3v) is 3.05. The van der Waals surface area contributed by atoms with Crippen molar-refractivity contribution >= 4 is 0 Å². The SMILES string of the molecule is CC1CN(C(C(C)N)C(C)(C)C)CCO1. The second kappa shape index (κ2) is 4.81. The van der Waals surface area contributed by atoms with Gasteiger partial charge in [0.2, 0.25) is 0 Å². The predicted molar refractivity (Wildman–Crippen MR) is 63.9 cm³/mol. The van der Waals surface area contributed by atoms with Gasteiger partial charge in [-0.1, -0.05) is 20.8 Å². The minimum absolute atomic E-state index is 0.204. The van der Waals surface area contributed by atoms with E-state index in [1.54, 1.807) is 0 Å². The van der Waals surface area contributed by atoms with Gasteiger partial charge >= 0.3 is 0 Å². The number of rotatable bonds is 2. The van der Waals surface area contributed by atoms with Crippen molar-refractivity contribution in [3.05, 3.63) is 0 Å². The van der Waals surface area contributed by atoms with E-state index >= 15 is 0 Å². The lowest BCUT2D eigenvalue weighted by Gasteiger charge is -2.45. The topological polar surface area (TPSA) is 38.5 Å². The molecule has 0 aromatic carbocycles. The third kappa shape index (κ3) is 3.44. The van der Waals surface area contributed by atoms with E-state index in [-0.39, 0.29) is 11.5 Å². The molecule has 0 saturated carbocycles. The van der Waals surface area contributed by atoms with E-state index in [0.29, 0.717) is 12.1 Å². The molecule has 0 aliphatic carbocycles. The zero-order chi connectivity index (χ0) is 11.6. The first-order chi connectivity index (χ1) is 6.82. The highest BCUT2D eigenvalue weighted by molar-refractivity contribution is 4.90. The van der Waals surface area contributed by atoms with Gasteiger partial charge in [-0.3, -0.25) is 4.90 Å². The summed E-state index contributed by atoms with van der Waals surface area (Å²) >= 11 is 0. The quantitative estimate of drug-likeness (QED) is 0.756. The average molecular weight is 214 g/mol. The maximum atomic E-state index is 6.12. The minimum Gasteiger partial charge on any atom is -0.376 e. The first-order valence-corrected chi connectivity index (χ1v) is 5.93. The van der Waals surface area contributed by atoms with E-state index in [4.69, 9.17) is 10.5 Å². The molecule has 1 rings (SSSR count). The molecular formula is C12H26N2O. The van der Waals surface area contributed by atoms with E-state index < -0.39 is 0 Å². The van der Waals surface area contributed by atoms with Crippen LogP contribution in [0.25, 0.3) is 0 Å². The van der Waals surface area contributed by atoms with Crippen LogP contribution in [0, 0.1) is 5.41 Å². The van der Waals surface area contributed by atoms with E-state index in [0.717, 1.165) is 19.7 Å². The number of hydrogen-bond donors (Lipinski definition) is 1. The summed E-state index contributed by atoms with van der Waals surface area (Å²) in [4.78, 5) is 2.48. The number of morpholine rings is 1. The molecule has 3 atom stereocenters. The average Bonchev–Trinajstić information content (AvgIpc) is 1.99. The Bertz CT molecular complexity index is 198. The van der Waals surface area contributed by atoms with Crippen molar-refractivity contribution < 1.29 is 4.74 Å². The van der Waals surface area contributed by atoms with Crippen LogP contribution < -0.4 is 5.73 Å². The molecule has 1 heterocycles. The van der Waals surface area contributed by atoms with Crippen LogP contribution in [0.3, 0.4) is 0 Å². The van der Waals surface area contributed by atoms with Gasteiger partial charge in [-0.25, -0.2) is 0 Å². The van der Waals surface area contributed by atoms with Crippen molar-refractivity contribution in [2.75, 3.05) is 19.7 Å². The van der Waals surface area contributed by atoms with Crippen LogP contribution in [0.15, 0.2) is 0 Å². The molecule has 2 N–H and O–H groups in total. The van der Waals surface area contributed by atoms with Crippen LogP contribution in [0.4, 0.5) is 0 Å². The van der Waals surface area contributed by atoms with Crippen LogP contribution in [0.1, 0.15) is 34.6 Å². The monoisotopic (exact) mass is 214 g/mol. The number of ether oxygens (including phenoxy) is 1. The molecule has 15 heavy (non-hydrogen) atoms. The smallest absolute Gasteiger partial charge is 0.0674 e. The lowest BCUT2D eigenvalue weighted by atomic mass is 9.81. The van der Waals surface area contributed by atoms with Gasteiger partial charge in [-0.15, -0.1) is 0 Å². The van der Waals surface area contributed by atoms with Crippen LogP contribution in [0.5, 0.6) is 0 Å². The maximum absolute atomic E-state index is 6.12. The van der Waals surface area contributed by atoms with Crippen molar-refractivity contribution in [1.82, 2.24) is 4.90 Å². The summed E-state index contributed by atoms with van der Waals surface area (Å²) in [7, 11) is 0. The number of hydrogen-bond acceptors (Lipinski definition) is 3. The Morgan fingerprint density at radius 3 is 2.40 bits per heavy atom. The number of nitrogens with two attached hydrogens (primary N) is 1. The fraction of sp³-hybridized carbons (Fsp3) is 1.00. The fourth-order valence-corrected chi connectivity index (χ4v) is 2.77. The van der Waals surface area contributed by atoms with Gasteiger partial charge in [-0.2, -0.15) is 0 Å². The molecule has 1 aliphatic heterocycles. The zero-order valence-corrected chi connectivity index (χ0v) is 10.8. The summed E-state index contributed by atoms with van der Waals surface area (Å²) in [5.41, 5.74) is 6.34. The van der Waals surface area contributed by atoms with Gasteiger partial charge in [0.25, 0.3) is 0 Å². The Labute approximate surface area is 94.0 Å². The summed E-state index contributed by atoms with van der Waals surface area (Å²) in [6, 6.07) is 0.638. The van der Waals surface area contributed by atoms with Gasteiger partial charge in [-0.05, 0) is 19.3 Å². The minimum atomic E-state index is 0.204. The zero-order valence-electron chi connectivity index (χ0n) is 10.8. The predicted octanol–water partition coefficient (Wildman–Crippen LogP) is 1.47. The highest BCUT2D eigenvalue weighted by Crippen LogP contribution is 2.27. The van der Waals surface area contributed by atoms with Crippen molar-refractivity contribution in [3.8, 4) is 0 Å². The van der Waals surface area contributed by atoms with Crippen molar-refractivity contribution in [1.29, 1.82) is 0 Å². The van der Waals surface area contributed by atoms with E-state index in [1.165, 1.54) is 0 Å². The van der Waals surface area contributed by atoms with Crippen LogP contribution in [0.2, 0.25) is 0 Å². The molecule has 0 amide bonds. The molecule has 1 saturated heterocycles. The van der Waals surface area contributed by atoms with Crippen LogP contribution in [-0.4, -0.2) is 42.8 Å². The van der Waals surface area contributed by atoms with E-state index in [1.807, 2.05) is 0 Å².